The molecule has 0 saturated heterocycles. The topological polar surface area (TPSA) is 46.3 Å². The molecule has 0 aromatic heterocycles. The molecule has 3 nitrogen and oxygen atoms in total. The normalized spacial score (nSPS) is 10.4. The van der Waals surface area contributed by atoms with E-state index < -0.39 is 0 Å². The van der Waals surface area contributed by atoms with E-state index >= 15 is 0 Å². The Bertz CT molecular complexity index is 622. The molecule has 0 atom stereocenters. The van der Waals surface area contributed by atoms with E-state index in [2.05, 4.69) is 0 Å². The maximum Gasteiger partial charge on any atom is 0.227 e. The number of aryl methyl sites for hydroxylation is 2. The number of nitrogen functional groups attached to an aromatic ring is 1. The predicted octanol–water partition coefficient (Wildman–Crippen LogP) is 3.56. The monoisotopic (exact) mass is 282 g/mol. The molecule has 3 heteroatoms. The van der Waals surface area contributed by atoms with Gasteiger partial charge in [-0.05, 0) is 49.6 Å². The molecule has 110 valence electrons. The molecule has 0 radical (unpaired) electrons. The number of hydrogen-bond acceptors (Lipinski definition) is 2. The van der Waals surface area contributed by atoms with Gasteiger partial charge in [0.2, 0.25) is 5.91 Å². The van der Waals surface area contributed by atoms with E-state index in [1.54, 1.807) is 0 Å². The number of anilines is 2. The molecular weight excluding hydrogens is 260 g/mol. The Kier molecular flexibility index (Phi) is 4.99. The van der Waals surface area contributed by atoms with Crippen molar-refractivity contribution in [3.63, 3.8) is 0 Å². The van der Waals surface area contributed by atoms with E-state index in [1.807, 2.05) is 67.3 Å². The summed E-state index contributed by atoms with van der Waals surface area (Å²) >= 11 is 0. The minimum Gasteiger partial charge on any atom is -0.399 e. The molecule has 0 saturated carbocycles. The molecule has 0 heterocycles. The van der Waals surface area contributed by atoms with Crippen LogP contribution in [0.25, 0.3) is 0 Å². The first-order chi connectivity index (χ1) is 10.1. The fourth-order valence-electron chi connectivity index (χ4n) is 2.48. The van der Waals surface area contributed by atoms with Crippen LogP contribution in [0.15, 0.2) is 48.5 Å². The van der Waals surface area contributed by atoms with E-state index in [4.69, 9.17) is 5.73 Å². The highest BCUT2D eigenvalue weighted by atomic mass is 16.2. The number of hydrogen-bond donors (Lipinski definition) is 1. The van der Waals surface area contributed by atoms with Gasteiger partial charge >= 0.3 is 0 Å². The van der Waals surface area contributed by atoms with Crippen molar-refractivity contribution >= 4 is 17.3 Å². The summed E-state index contributed by atoms with van der Waals surface area (Å²) in [5.74, 6) is 0.147. The van der Waals surface area contributed by atoms with E-state index in [1.165, 1.54) is 0 Å². The number of carbonyl (C=O) groups excluding carboxylic acids is 1. The summed E-state index contributed by atoms with van der Waals surface area (Å²) in [5, 5.41) is 0. The van der Waals surface area contributed by atoms with Gasteiger partial charge in [0.25, 0.3) is 0 Å². The third kappa shape index (κ3) is 3.85. The molecule has 0 aliphatic carbocycles. The second kappa shape index (κ2) is 6.93. The van der Waals surface area contributed by atoms with E-state index in [0.717, 1.165) is 22.5 Å². The highest BCUT2D eigenvalue weighted by molar-refractivity contribution is 5.94. The van der Waals surface area contributed by atoms with Crippen molar-refractivity contribution in [2.75, 3.05) is 17.2 Å². The zero-order valence-corrected chi connectivity index (χ0v) is 12.7. The van der Waals surface area contributed by atoms with Crippen LogP contribution in [0.3, 0.4) is 0 Å². The van der Waals surface area contributed by atoms with Gasteiger partial charge in [0.05, 0.1) is 0 Å². The average Bonchev–Trinajstić information content (AvgIpc) is 2.48. The second-order valence-corrected chi connectivity index (χ2v) is 5.17. The Balaban J connectivity index is 2.06. The van der Waals surface area contributed by atoms with Gasteiger partial charge < -0.3 is 10.6 Å². The van der Waals surface area contributed by atoms with Crippen LogP contribution in [0.5, 0.6) is 0 Å². The van der Waals surface area contributed by atoms with Gasteiger partial charge in [-0.3, -0.25) is 4.79 Å². The van der Waals surface area contributed by atoms with Crippen molar-refractivity contribution in [1.29, 1.82) is 0 Å². The molecule has 2 aromatic carbocycles. The van der Waals surface area contributed by atoms with Crippen molar-refractivity contribution in [2.24, 2.45) is 0 Å². The van der Waals surface area contributed by atoms with Crippen LogP contribution in [0, 0.1) is 6.92 Å². The highest BCUT2D eigenvalue weighted by Gasteiger charge is 2.15. The Morgan fingerprint density at radius 1 is 1.14 bits per heavy atom. The predicted molar refractivity (Wildman–Crippen MR) is 88.4 cm³/mol. The third-order valence-electron chi connectivity index (χ3n) is 3.60. The summed E-state index contributed by atoms with van der Waals surface area (Å²) in [5.41, 5.74) is 9.73. The van der Waals surface area contributed by atoms with E-state index in [-0.39, 0.29) is 5.91 Å². The molecule has 0 fully saturated rings. The first-order valence-electron chi connectivity index (χ1n) is 7.32. The minimum absolute atomic E-state index is 0.147. The Labute approximate surface area is 126 Å². The molecule has 0 bridgehead atoms. The standard InChI is InChI=1S/C18H22N2O/c1-3-20(17-10-5-4-7-14(17)2)18(21)12-11-15-8-6-9-16(19)13-15/h4-10,13H,3,11-12,19H2,1-2H3. The van der Waals surface area contributed by atoms with E-state index in [9.17, 15) is 4.79 Å². The quantitative estimate of drug-likeness (QED) is 0.852. The maximum absolute atomic E-state index is 12.5. The number of para-hydroxylation sites is 1. The van der Waals surface area contributed by atoms with Gasteiger partial charge in [0.15, 0.2) is 0 Å². The largest absolute Gasteiger partial charge is 0.399 e. The SMILES string of the molecule is CCN(C(=O)CCc1cccc(N)c1)c1ccccc1C. The van der Waals surface area contributed by atoms with Gasteiger partial charge in [-0.15, -0.1) is 0 Å². The lowest BCUT2D eigenvalue weighted by molar-refractivity contribution is -0.118. The molecule has 0 unspecified atom stereocenters. The van der Waals surface area contributed by atoms with Crippen LogP contribution >= 0.6 is 0 Å². The first-order valence-corrected chi connectivity index (χ1v) is 7.32. The van der Waals surface area contributed by atoms with Gasteiger partial charge in [0.1, 0.15) is 0 Å². The molecule has 2 rings (SSSR count). The fraction of sp³-hybridized carbons (Fsp3) is 0.278. The lowest BCUT2D eigenvalue weighted by Gasteiger charge is -2.23. The highest BCUT2D eigenvalue weighted by Crippen LogP contribution is 2.20. The van der Waals surface area contributed by atoms with Crippen molar-refractivity contribution < 1.29 is 4.79 Å². The number of amides is 1. The lowest BCUT2D eigenvalue weighted by Crippen LogP contribution is -2.31. The van der Waals surface area contributed by atoms with Crippen molar-refractivity contribution in [1.82, 2.24) is 0 Å². The second-order valence-electron chi connectivity index (χ2n) is 5.17. The summed E-state index contributed by atoms with van der Waals surface area (Å²) in [7, 11) is 0. The number of carbonyl (C=O) groups is 1. The maximum atomic E-state index is 12.5. The number of rotatable bonds is 5. The third-order valence-corrected chi connectivity index (χ3v) is 3.60. The van der Waals surface area contributed by atoms with Gasteiger partial charge in [-0.1, -0.05) is 30.3 Å². The molecule has 2 N–H and O–H groups in total. The summed E-state index contributed by atoms with van der Waals surface area (Å²) in [6.07, 6.45) is 1.21. The van der Waals surface area contributed by atoms with Crippen LogP contribution in [-0.2, 0) is 11.2 Å². The molecule has 2 aromatic rings. The molecule has 0 aliphatic heterocycles. The zero-order chi connectivity index (χ0) is 15.2. The molecular formula is C18H22N2O. The minimum atomic E-state index is 0.147. The van der Waals surface area contributed by atoms with Crippen molar-refractivity contribution in [3.05, 3.63) is 59.7 Å². The summed E-state index contributed by atoms with van der Waals surface area (Å²) < 4.78 is 0. The van der Waals surface area contributed by atoms with Crippen molar-refractivity contribution in [3.8, 4) is 0 Å². The summed E-state index contributed by atoms with van der Waals surface area (Å²) in [6.45, 7) is 4.72. The van der Waals surface area contributed by atoms with Gasteiger partial charge in [-0.2, -0.15) is 0 Å². The van der Waals surface area contributed by atoms with E-state index in [0.29, 0.717) is 19.4 Å². The first kappa shape index (κ1) is 15.1. The van der Waals surface area contributed by atoms with Gasteiger partial charge in [-0.25, -0.2) is 0 Å². The number of nitrogens with two attached hydrogens (primary N) is 1. The lowest BCUT2D eigenvalue weighted by atomic mass is 10.1. The summed E-state index contributed by atoms with van der Waals surface area (Å²) in [4.78, 5) is 14.3. The summed E-state index contributed by atoms with van der Waals surface area (Å²) in [6, 6.07) is 15.7. The Hall–Kier alpha value is -2.29. The van der Waals surface area contributed by atoms with Crippen LogP contribution in [0.1, 0.15) is 24.5 Å². The zero-order valence-electron chi connectivity index (χ0n) is 12.7. The Morgan fingerprint density at radius 2 is 1.90 bits per heavy atom. The van der Waals surface area contributed by atoms with Crippen molar-refractivity contribution in [2.45, 2.75) is 26.7 Å². The molecule has 0 spiro atoms. The molecule has 21 heavy (non-hydrogen) atoms. The number of benzene rings is 2. The molecule has 1 amide bonds. The fourth-order valence-corrected chi connectivity index (χ4v) is 2.48. The van der Waals surface area contributed by atoms with Crippen LogP contribution in [0.2, 0.25) is 0 Å². The van der Waals surface area contributed by atoms with Crippen LogP contribution < -0.4 is 10.6 Å². The van der Waals surface area contributed by atoms with Crippen LogP contribution in [0.4, 0.5) is 11.4 Å². The smallest absolute Gasteiger partial charge is 0.227 e. The molecule has 0 aliphatic rings. The average molecular weight is 282 g/mol. The number of nitrogens with zero attached hydrogens (tertiary/aromatic N) is 1. The van der Waals surface area contributed by atoms with Crippen LogP contribution in [-0.4, -0.2) is 12.5 Å². The Morgan fingerprint density at radius 3 is 2.57 bits per heavy atom. The van der Waals surface area contributed by atoms with Gasteiger partial charge in [0, 0.05) is 24.3 Å².